The maximum Gasteiger partial charge on any atom is 0.161 e. The number of aromatic hydroxyl groups is 1. The molecule has 1 fully saturated rings. The van der Waals surface area contributed by atoms with Gasteiger partial charge in [-0.15, -0.1) is 0 Å². The fraction of sp³-hybridized carbons (Fsp3) is 0.316. The maximum atomic E-state index is 9.80. The van der Waals surface area contributed by atoms with Gasteiger partial charge in [0.25, 0.3) is 0 Å². The van der Waals surface area contributed by atoms with Gasteiger partial charge in [0.05, 0.1) is 31.2 Å². The van der Waals surface area contributed by atoms with E-state index >= 15 is 0 Å². The fourth-order valence-electron chi connectivity index (χ4n) is 2.70. The molecule has 0 radical (unpaired) electrons. The molecule has 3 rings (SSSR count). The number of anilines is 1. The van der Waals surface area contributed by atoms with Gasteiger partial charge in [0.2, 0.25) is 0 Å². The predicted molar refractivity (Wildman–Crippen MR) is 101 cm³/mol. The third-order valence-electron chi connectivity index (χ3n) is 3.93. The second-order valence-electron chi connectivity index (χ2n) is 5.65. The number of nitrogens with zero attached hydrogens (tertiary/aromatic N) is 2. The monoisotopic (exact) mass is 360 g/mol. The third-order valence-corrected chi connectivity index (χ3v) is 4.16. The van der Waals surface area contributed by atoms with Crippen molar-refractivity contribution < 1.29 is 14.6 Å². The minimum Gasteiger partial charge on any atom is -0.504 e. The molecule has 1 saturated heterocycles. The predicted octanol–water partition coefficient (Wildman–Crippen LogP) is 4.03. The molecule has 0 saturated carbocycles. The molecule has 0 atom stereocenters. The molecule has 25 heavy (non-hydrogen) atoms. The van der Waals surface area contributed by atoms with Crippen molar-refractivity contribution >= 4 is 29.2 Å². The van der Waals surface area contributed by atoms with Gasteiger partial charge < -0.3 is 19.5 Å². The SMILES string of the molecule is CCOc1cc(C=Nc2cc(Cl)ccc2N2CCOCC2)ccc1O. The molecule has 132 valence electrons. The second kappa shape index (κ2) is 8.23. The van der Waals surface area contributed by atoms with Crippen LogP contribution in [0, 0.1) is 0 Å². The van der Waals surface area contributed by atoms with Gasteiger partial charge in [0, 0.05) is 24.3 Å². The second-order valence-corrected chi connectivity index (χ2v) is 6.09. The lowest BCUT2D eigenvalue weighted by atomic mass is 10.2. The number of halogens is 1. The summed E-state index contributed by atoms with van der Waals surface area (Å²) in [4.78, 5) is 6.86. The van der Waals surface area contributed by atoms with E-state index in [4.69, 9.17) is 21.1 Å². The molecule has 0 aliphatic carbocycles. The van der Waals surface area contributed by atoms with E-state index in [0.717, 1.165) is 30.0 Å². The van der Waals surface area contributed by atoms with E-state index in [1.807, 2.05) is 25.1 Å². The molecular formula is C19H21ClN2O3. The van der Waals surface area contributed by atoms with E-state index in [9.17, 15) is 5.11 Å². The van der Waals surface area contributed by atoms with Crippen LogP contribution in [0.2, 0.25) is 5.02 Å². The van der Waals surface area contributed by atoms with Crippen LogP contribution in [0.25, 0.3) is 0 Å². The summed E-state index contributed by atoms with van der Waals surface area (Å²) >= 11 is 6.15. The van der Waals surface area contributed by atoms with Gasteiger partial charge in [-0.05, 0) is 48.9 Å². The van der Waals surface area contributed by atoms with Crippen molar-refractivity contribution in [3.05, 3.63) is 47.0 Å². The zero-order chi connectivity index (χ0) is 17.6. The van der Waals surface area contributed by atoms with E-state index in [0.29, 0.717) is 30.6 Å². The zero-order valence-corrected chi connectivity index (χ0v) is 14.9. The van der Waals surface area contributed by atoms with Crippen molar-refractivity contribution in [3.8, 4) is 11.5 Å². The summed E-state index contributed by atoms with van der Waals surface area (Å²) in [5.41, 5.74) is 2.68. The Labute approximate surface area is 152 Å². The Bertz CT molecular complexity index is 758. The minimum absolute atomic E-state index is 0.121. The van der Waals surface area contributed by atoms with Crippen molar-refractivity contribution in [2.24, 2.45) is 4.99 Å². The first-order valence-corrected chi connectivity index (χ1v) is 8.67. The lowest BCUT2D eigenvalue weighted by Gasteiger charge is -2.29. The lowest BCUT2D eigenvalue weighted by Crippen LogP contribution is -2.36. The summed E-state index contributed by atoms with van der Waals surface area (Å²) in [6, 6.07) is 10.9. The summed E-state index contributed by atoms with van der Waals surface area (Å²) in [7, 11) is 0. The molecule has 0 amide bonds. The number of benzene rings is 2. The molecule has 0 aromatic heterocycles. The fourth-order valence-corrected chi connectivity index (χ4v) is 2.86. The average Bonchev–Trinajstić information content (AvgIpc) is 2.63. The number of rotatable bonds is 5. The molecule has 1 N–H and O–H groups in total. The van der Waals surface area contributed by atoms with E-state index in [-0.39, 0.29) is 5.75 Å². The van der Waals surface area contributed by atoms with Crippen molar-refractivity contribution in [1.29, 1.82) is 0 Å². The Morgan fingerprint density at radius 2 is 2.04 bits per heavy atom. The Kier molecular flexibility index (Phi) is 5.79. The molecule has 6 heteroatoms. The highest BCUT2D eigenvalue weighted by atomic mass is 35.5. The number of hydrogen-bond acceptors (Lipinski definition) is 5. The van der Waals surface area contributed by atoms with Crippen LogP contribution in [0.15, 0.2) is 41.4 Å². The molecule has 2 aromatic carbocycles. The quantitative estimate of drug-likeness (QED) is 0.818. The van der Waals surface area contributed by atoms with Crippen LogP contribution in [0.5, 0.6) is 11.5 Å². The van der Waals surface area contributed by atoms with Gasteiger partial charge in [0.15, 0.2) is 11.5 Å². The van der Waals surface area contributed by atoms with E-state index in [1.165, 1.54) is 0 Å². The summed E-state index contributed by atoms with van der Waals surface area (Å²) in [5, 5.41) is 10.4. The number of phenols is 1. The summed E-state index contributed by atoms with van der Waals surface area (Å²) in [6.45, 7) is 5.45. The van der Waals surface area contributed by atoms with Crippen molar-refractivity contribution in [3.63, 3.8) is 0 Å². The van der Waals surface area contributed by atoms with E-state index in [1.54, 1.807) is 24.4 Å². The third kappa shape index (κ3) is 4.44. The highest BCUT2D eigenvalue weighted by Crippen LogP contribution is 2.32. The van der Waals surface area contributed by atoms with Gasteiger partial charge in [-0.25, -0.2) is 0 Å². The van der Waals surface area contributed by atoms with Gasteiger partial charge >= 0.3 is 0 Å². The van der Waals surface area contributed by atoms with Crippen LogP contribution in [-0.2, 0) is 4.74 Å². The number of aliphatic imine (C=N–C) groups is 1. The van der Waals surface area contributed by atoms with Gasteiger partial charge in [-0.1, -0.05) is 11.6 Å². The molecule has 1 aliphatic rings. The molecule has 5 nitrogen and oxygen atoms in total. The minimum atomic E-state index is 0.121. The van der Waals surface area contributed by atoms with Crippen molar-refractivity contribution in [2.75, 3.05) is 37.8 Å². The summed E-state index contributed by atoms with van der Waals surface area (Å²) < 4.78 is 10.8. The van der Waals surface area contributed by atoms with Crippen LogP contribution in [0.1, 0.15) is 12.5 Å². The highest BCUT2D eigenvalue weighted by Gasteiger charge is 2.14. The van der Waals surface area contributed by atoms with Crippen molar-refractivity contribution in [2.45, 2.75) is 6.92 Å². The smallest absolute Gasteiger partial charge is 0.161 e. The number of ether oxygens (including phenoxy) is 2. The molecule has 2 aromatic rings. The van der Waals surface area contributed by atoms with Gasteiger partial charge in [-0.2, -0.15) is 0 Å². The summed E-state index contributed by atoms with van der Waals surface area (Å²) in [6.07, 6.45) is 1.75. The van der Waals surface area contributed by atoms with Crippen LogP contribution in [-0.4, -0.2) is 44.2 Å². The maximum absolute atomic E-state index is 9.80. The number of hydrogen-bond donors (Lipinski definition) is 1. The van der Waals surface area contributed by atoms with Gasteiger partial charge in [-0.3, -0.25) is 4.99 Å². The largest absolute Gasteiger partial charge is 0.504 e. The Balaban J connectivity index is 1.87. The lowest BCUT2D eigenvalue weighted by molar-refractivity contribution is 0.123. The van der Waals surface area contributed by atoms with Gasteiger partial charge in [0.1, 0.15) is 0 Å². The Morgan fingerprint density at radius 1 is 1.24 bits per heavy atom. The average molecular weight is 361 g/mol. The normalized spacial score (nSPS) is 14.9. The number of morpholine rings is 1. The van der Waals surface area contributed by atoms with E-state index in [2.05, 4.69) is 9.89 Å². The van der Waals surface area contributed by atoms with Crippen LogP contribution < -0.4 is 9.64 Å². The molecule has 1 heterocycles. The topological polar surface area (TPSA) is 54.3 Å². The Hall–Kier alpha value is -2.24. The van der Waals surface area contributed by atoms with Crippen LogP contribution in [0.3, 0.4) is 0 Å². The standard InChI is InChI=1S/C19H21ClN2O3/c1-2-25-19-11-14(3-6-18(19)23)13-21-16-12-15(20)4-5-17(16)22-7-9-24-10-8-22/h3-6,11-13,23H,2,7-10H2,1H3. The number of phenolic OH excluding ortho intramolecular Hbond substituents is 1. The molecular weight excluding hydrogens is 340 g/mol. The van der Waals surface area contributed by atoms with E-state index < -0.39 is 0 Å². The first kappa shape index (κ1) is 17.6. The molecule has 0 unspecified atom stereocenters. The highest BCUT2D eigenvalue weighted by molar-refractivity contribution is 6.31. The first-order valence-electron chi connectivity index (χ1n) is 8.29. The molecule has 0 bridgehead atoms. The van der Waals surface area contributed by atoms with Crippen LogP contribution in [0.4, 0.5) is 11.4 Å². The van der Waals surface area contributed by atoms with Crippen LogP contribution >= 0.6 is 11.6 Å². The first-order chi connectivity index (χ1) is 12.2. The summed E-state index contributed by atoms with van der Waals surface area (Å²) in [5.74, 6) is 0.571. The Morgan fingerprint density at radius 3 is 2.80 bits per heavy atom. The zero-order valence-electron chi connectivity index (χ0n) is 14.1. The molecule has 1 aliphatic heterocycles. The molecule has 0 spiro atoms. The van der Waals surface area contributed by atoms with Crippen molar-refractivity contribution in [1.82, 2.24) is 0 Å².